The molecule has 0 bridgehead atoms. The smallest absolute Gasteiger partial charge is 0.327 e. The molecule has 16 heavy (non-hydrogen) atoms. The van der Waals surface area contributed by atoms with E-state index in [1.807, 2.05) is 0 Å². The van der Waals surface area contributed by atoms with Gasteiger partial charge in [-0.05, 0) is 6.42 Å². The monoisotopic (exact) mass is 232 g/mol. The van der Waals surface area contributed by atoms with Crippen molar-refractivity contribution >= 4 is 17.9 Å². The van der Waals surface area contributed by atoms with Gasteiger partial charge in [0, 0.05) is 6.42 Å². The second kappa shape index (κ2) is 5.43. The van der Waals surface area contributed by atoms with Crippen LogP contribution in [0.25, 0.3) is 0 Å². The van der Waals surface area contributed by atoms with E-state index in [4.69, 9.17) is 0 Å². The van der Waals surface area contributed by atoms with Gasteiger partial charge in [-0.25, -0.2) is 14.1 Å². The zero-order valence-electron chi connectivity index (χ0n) is 8.86. The Morgan fingerprint density at radius 1 is 1.62 bits per heavy atom. The van der Waals surface area contributed by atoms with Crippen molar-refractivity contribution in [2.75, 3.05) is 13.3 Å². The van der Waals surface area contributed by atoms with E-state index < -0.39 is 30.8 Å². The van der Waals surface area contributed by atoms with E-state index in [2.05, 4.69) is 10.1 Å². The van der Waals surface area contributed by atoms with Crippen LogP contribution in [0.1, 0.15) is 19.8 Å². The lowest BCUT2D eigenvalue weighted by Crippen LogP contribution is -2.56. The first-order chi connectivity index (χ1) is 7.56. The molecule has 0 aromatic heterocycles. The summed E-state index contributed by atoms with van der Waals surface area (Å²) in [7, 11) is 0. The molecule has 6 nitrogen and oxygen atoms in total. The summed E-state index contributed by atoms with van der Waals surface area (Å²) in [6, 6.07) is -0.747. The highest BCUT2D eigenvalue weighted by Gasteiger charge is 2.34. The maximum atomic E-state index is 12.9. The van der Waals surface area contributed by atoms with Crippen LogP contribution in [-0.2, 0) is 14.3 Å². The first kappa shape index (κ1) is 12.4. The summed E-state index contributed by atoms with van der Waals surface area (Å²) in [5.41, 5.74) is 0. The molecule has 1 rings (SSSR count). The van der Waals surface area contributed by atoms with Crippen molar-refractivity contribution in [2.45, 2.75) is 25.9 Å². The Balaban J connectivity index is 2.48. The van der Waals surface area contributed by atoms with Gasteiger partial charge in [-0.15, -0.1) is 0 Å². The fraction of sp³-hybridized carbons (Fsp3) is 0.667. The predicted molar refractivity (Wildman–Crippen MR) is 51.0 cm³/mol. The van der Waals surface area contributed by atoms with Crippen molar-refractivity contribution in [1.29, 1.82) is 0 Å². The number of carbonyl (C=O) groups excluding carboxylic acids is 3. The summed E-state index contributed by atoms with van der Waals surface area (Å²) in [5, 5.41) is 2.17. The van der Waals surface area contributed by atoms with Crippen LogP contribution in [0, 0.1) is 0 Å². The van der Waals surface area contributed by atoms with Gasteiger partial charge in [0.25, 0.3) is 5.91 Å². The molecular formula is C9H13FN2O4. The number of alkyl halides is 1. The quantitative estimate of drug-likeness (QED) is 0.701. The second-order valence-corrected chi connectivity index (χ2v) is 3.32. The predicted octanol–water partition coefficient (Wildman–Crippen LogP) is 0.177. The van der Waals surface area contributed by atoms with E-state index in [1.54, 1.807) is 6.92 Å². The second-order valence-electron chi connectivity index (χ2n) is 3.32. The van der Waals surface area contributed by atoms with E-state index in [0.717, 1.165) is 0 Å². The lowest BCUT2D eigenvalue weighted by Gasteiger charge is -2.26. The van der Waals surface area contributed by atoms with Gasteiger partial charge in [-0.1, -0.05) is 6.92 Å². The highest BCUT2D eigenvalue weighted by atomic mass is 19.1. The maximum Gasteiger partial charge on any atom is 0.327 e. The number of amides is 3. The number of halogens is 1. The molecule has 1 saturated heterocycles. The minimum Gasteiger partial charge on any atom is -0.444 e. The highest BCUT2D eigenvalue weighted by Crippen LogP contribution is 2.06. The number of imide groups is 1. The van der Waals surface area contributed by atoms with Gasteiger partial charge in [-0.2, -0.15) is 0 Å². The van der Waals surface area contributed by atoms with Gasteiger partial charge in [0.2, 0.25) is 0 Å². The molecule has 1 aliphatic rings. The van der Waals surface area contributed by atoms with Crippen molar-refractivity contribution in [3.8, 4) is 0 Å². The van der Waals surface area contributed by atoms with Crippen molar-refractivity contribution in [2.24, 2.45) is 0 Å². The van der Waals surface area contributed by atoms with Crippen molar-refractivity contribution in [1.82, 2.24) is 10.2 Å². The summed E-state index contributed by atoms with van der Waals surface area (Å²) >= 11 is 0. The van der Waals surface area contributed by atoms with Crippen molar-refractivity contribution in [3.63, 3.8) is 0 Å². The highest BCUT2D eigenvalue weighted by molar-refractivity contribution is 5.99. The molecule has 3 amide bonds. The molecule has 0 radical (unpaired) electrons. The van der Waals surface area contributed by atoms with Crippen LogP contribution in [0.5, 0.6) is 0 Å². The number of nitrogens with zero attached hydrogens (tertiary/aromatic N) is 1. The molecule has 1 aliphatic heterocycles. The summed E-state index contributed by atoms with van der Waals surface area (Å²) in [6.45, 7) is 0.915. The zero-order valence-corrected chi connectivity index (χ0v) is 8.86. The number of rotatable bonds is 4. The van der Waals surface area contributed by atoms with Gasteiger partial charge < -0.3 is 10.1 Å². The van der Waals surface area contributed by atoms with Crippen molar-refractivity contribution in [3.05, 3.63) is 0 Å². The number of hydrogen-bond acceptors (Lipinski definition) is 4. The van der Waals surface area contributed by atoms with Gasteiger partial charge in [0.05, 0.1) is 6.54 Å². The number of hydrogen-bond donors (Lipinski definition) is 1. The van der Waals surface area contributed by atoms with Crippen molar-refractivity contribution < 1.29 is 23.5 Å². The number of ether oxygens (including phenoxy) is 1. The number of nitrogens with one attached hydrogen (secondary N) is 1. The summed E-state index contributed by atoms with van der Waals surface area (Å²) in [5.74, 6) is -1.50. The van der Waals surface area contributed by atoms with Gasteiger partial charge in [0.1, 0.15) is 0 Å². The molecule has 0 aliphatic carbocycles. The van der Waals surface area contributed by atoms with Crippen LogP contribution in [0.3, 0.4) is 0 Å². The molecule has 90 valence electrons. The van der Waals surface area contributed by atoms with Gasteiger partial charge >= 0.3 is 12.0 Å². The lowest BCUT2D eigenvalue weighted by atomic mass is 10.3. The Kier molecular flexibility index (Phi) is 4.21. The Hall–Kier alpha value is -1.66. The van der Waals surface area contributed by atoms with Gasteiger partial charge in [-0.3, -0.25) is 9.59 Å². The van der Waals surface area contributed by atoms with E-state index in [0.29, 0.717) is 11.3 Å². The summed E-state index contributed by atoms with van der Waals surface area (Å²) in [6.07, 6.45) is -0.976. The average Bonchev–Trinajstić information content (AvgIpc) is 2.24. The first-order valence-electron chi connectivity index (χ1n) is 4.95. The molecule has 0 spiro atoms. The molecular weight excluding hydrogens is 219 g/mol. The lowest BCUT2D eigenvalue weighted by molar-refractivity contribution is -0.152. The number of urea groups is 1. The molecule has 1 fully saturated rings. The summed E-state index contributed by atoms with van der Waals surface area (Å²) in [4.78, 5) is 33.9. The third-order valence-corrected chi connectivity index (χ3v) is 2.02. The fourth-order valence-electron chi connectivity index (χ4n) is 1.16. The Morgan fingerprint density at radius 3 is 2.94 bits per heavy atom. The normalized spacial score (nSPS) is 20.6. The molecule has 1 heterocycles. The Morgan fingerprint density at radius 2 is 2.31 bits per heavy atom. The standard InChI is InChI=1S/C9H13FN2O4/c1-2-3-7(13)16-5-12-8(14)6(10)4-11-9(12)15/h6H,2-5H2,1H3,(H,11,15). The van der Waals surface area contributed by atoms with E-state index in [1.165, 1.54) is 0 Å². The largest absolute Gasteiger partial charge is 0.444 e. The molecule has 7 heteroatoms. The first-order valence-corrected chi connectivity index (χ1v) is 4.95. The van der Waals surface area contributed by atoms with Crippen LogP contribution < -0.4 is 5.32 Å². The van der Waals surface area contributed by atoms with Crippen LogP contribution in [0.15, 0.2) is 0 Å². The molecule has 0 aromatic carbocycles. The number of esters is 1. The third kappa shape index (κ3) is 2.91. The van der Waals surface area contributed by atoms with E-state index in [9.17, 15) is 18.8 Å². The van der Waals surface area contributed by atoms with Crippen LogP contribution >= 0.6 is 0 Å². The Bertz CT molecular complexity index is 308. The molecule has 0 aromatic rings. The van der Waals surface area contributed by atoms with E-state index in [-0.39, 0.29) is 13.0 Å². The van der Waals surface area contributed by atoms with Crippen LogP contribution in [0.2, 0.25) is 0 Å². The average molecular weight is 232 g/mol. The molecule has 1 atom stereocenters. The molecule has 1 N–H and O–H groups in total. The third-order valence-electron chi connectivity index (χ3n) is 2.02. The molecule has 1 unspecified atom stereocenters. The molecule has 0 saturated carbocycles. The van der Waals surface area contributed by atoms with Gasteiger partial charge in [0.15, 0.2) is 12.9 Å². The van der Waals surface area contributed by atoms with Crippen LogP contribution in [-0.4, -0.2) is 42.3 Å². The van der Waals surface area contributed by atoms with Crippen LogP contribution in [0.4, 0.5) is 9.18 Å². The fourth-order valence-corrected chi connectivity index (χ4v) is 1.16. The summed E-state index contributed by atoms with van der Waals surface area (Å²) < 4.78 is 17.6. The number of carbonyl (C=O) groups is 3. The topological polar surface area (TPSA) is 75.7 Å². The minimum absolute atomic E-state index is 0.197. The zero-order chi connectivity index (χ0) is 12.1. The Labute approximate surface area is 91.7 Å². The minimum atomic E-state index is -1.78. The van der Waals surface area contributed by atoms with E-state index >= 15 is 0 Å². The SMILES string of the molecule is CCCC(=O)OCN1C(=O)NCC(F)C1=O. The maximum absolute atomic E-state index is 12.9.